The number of nitrogens with zero attached hydrogens (tertiary/aromatic N) is 3. The van der Waals surface area contributed by atoms with Crippen molar-refractivity contribution in [2.75, 3.05) is 0 Å². The zero-order valence-corrected chi connectivity index (χ0v) is 7.10. The third kappa shape index (κ3) is 0.769. The zero-order chi connectivity index (χ0) is 9.71. The van der Waals surface area contributed by atoms with Gasteiger partial charge >= 0.3 is 0 Å². The quantitative estimate of drug-likeness (QED) is 0.608. The fourth-order valence-corrected chi connectivity index (χ4v) is 1.59. The van der Waals surface area contributed by atoms with Crippen molar-refractivity contribution in [3.05, 3.63) is 33.0 Å². The van der Waals surface area contributed by atoms with Crippen LogP contribution in [0.25, 0.3) is 5.52 Å². The van der Waals surface area contributed by atoms with Gasteiger partial charge in [0.15, 0.2) is 5.82 Å². The van der Waals surface area contributed by atoms with Crippen LogP contribution >= 0.6 is 0 Å². The molecule has 0 unspecified atom stereocenters. The van der Waals surface area contributed by atoms with E-state index in [1.54, 1.807) is 12.4 Å². The lowest BCUT2D eigenvalue weighted by Gasteiger charge is -2.01. The van der Waals surface area contributed by atoms with Gasteiger partial charge in [-0.25, -0.2) is 4.99 Å². The molecule has 6 nitrogen and oxygen atoms in total. The molecule has 3 rings (SSSR count). The van der Waals surface area contributed by atoms with Crippen molar-refractivity contribution in [1.29, 1.82) is 0 Å². The Morgan fingerprint density at radius 2 is 2.29 bits per heavy atom. The van der Waals surface area contributed by atoms with Crippen LogP contribution in [-0.4, -0.2) is 20.4 Å². The van der Waals surface area contributed by atoms with E-state index in [0.29, 0.717) is 17.9 Å². The van der Waals surface area contributed by atoms with Crippen LogP contribution in [0.4, 0.5) is 5.82 Å². The first-order valence-corrected chi connectivity index (χ1v) is 4.13. The van der Waals surface area contributed by atoms with E-state index < -0.39 is 0 Å². The van der Waals surface area contributed by atoms with Gasteiger partial charge in [-0.15, -0.1) is 0 Å². The van der Waals surface area contributed by atoms with Gasteiger partial charge in [0.25, 0.3) is 11.1 Å². The van der Waals surface area contributed by atoms with Crippen molar-refractivity contribution in [2.45, 2.75) is 6.54 Å². The number of hydrogen-bond donors (Lipinski definition) is 1. The Kier molecular flexibility index (Phi) is 1.16. The van der Waals surface area contributed by atoms with Gasteiger partial charge in [0, 0.05) is 12.3 Å². The lowest BCUT2D eigenvalue weighted by atomic mass is 10.5. The van der Waals surface area contributed by atoms with Crippen LogP contribution in [-0.2, 0) is 6.54 Å². The Morgan fingerprint density at radius 3 is 3.14 bits per heavy atom. The molecule has 14 heavy (non-hydrogen) atoms. The van der Waals surface area contributed by atoms with E-state index in [0.717, 1.165) is 0 Å². The number of aromatic nitrogens is 3. The van der Waals surface area contributed by atoms with E-state index in [1.165, 1.54) is 15.1 Å². The Labute approximate surface area is 77.1 Å². The second kappa shape index (κ2) is 2.22. The minimum absolute atomic E-state index is 0.196. The van der Waals surface area contributed by atoms with Gasteiger partial charge in [0.1, 0.15) is 5.52 Å². The molecule has 6 heteroatoms. The number of H-pyrrole nitrogens is 1. The smallest absolute Gasteiger partial charge is 0.278 e. The Balaban J connectivity index is 2.59. The predicted molar refractivity (Wildman–Crippen MR) is 50.4 cm³/mol. The van der Waals surface area contributed by atoms with E-state index in [2.05, 4.69) is 10.1 Å². The molecule has 1 aliphatic rings. The number of fused-ring (bicyclic) bond motifs is 2. The Hall–Kier alpha value is -2.11. The van der Waals surface area contributed by atoms with E-state index >= 15 is 0 Å². The van der Waals surface area contributed by atoms with E-state index in [4.69, 9.17) is 0 Å². The van der Waals surface area contributed by atoms with Gasteiger partial charge in [0.2, 0.25) is 0 Å². The topological polar surface area (TPSA) is 71.6 Å². The minimum Gasteiger partial charge on any atom is -0.285 e. The van der Waals surface area contributed by atoms with Crippen LogP contribution in [0.1, 0.15) is 0 Å². The molecule has 0 aromatic carbocycles. The number of aliphatic imine (C=N–C) groups is 1. The van der Waals surface area contributed by atoms with Gasteiger partial charge in [-0.2, -0.15) is 0 Å². The van der Waals surface area contributed by atoms with Crippen molar-refractivity contribution in [3.63, 3.8) is 0 Å². The first-order chi connectivity index (χ1) is 6.75. The second-order valence-corrected chi connectivity index (χ2v) is 3.09. The molecule has 1 aliphatic heterocycles. The highest BCUT2D eigenvalue weighted by atomic mass is 16.1. The molecule has 0 aliphatic carbocycles. The van der Waals surface area contributed by atoms with Crippen LogP contribution in [0.15, 0.2) is 26.8 Å². The maximum Gasteiger partial charge on any atom is 0.278 e. The lowest BCUT2D eigenvalue weighted by Crippen LogP contribution is -2.19. The summed E-state index contributed by atoms with van der Waals surface area (Å²) in [7, 11) is 0. The third-order valence-corrected chi connectivity index (χ3v) is 2.23. The summed E-state index contributed by atoms with van der Waals surface area (Å²) in [6.07, 6.45) is 3.29. The third-order valence-electron chi connectivity index (χ3n) is 2.23. The molecule has 0 saturated carbocycles. The first kappa shape index (κ1) is 7.31. The van der Waals surface area contributed by atoms with E-state index in [-0.39, 0.29) is 11.1 Å². The molecule has 3 heterocycles. The van der Waals surface area contributed by atoms with E-state index in [1.807, 2.05) is 0 Å². The molecule has 2 aromatic heterocycles. The van der Waals surface area contributed by atoms with Gasteiger partial charge in [0.05, 0.1) is 12.7 Å². The summed E-state index contributed by atoms with van der Waals surface area (Å²) < 4.78 is 2.92. The van der Waals surface area contributed by atoms with Crippen LogP contribution < -0.4 is 11.1 Å². The maximum absolute atomic E-state index is 11.7. The molecule has 0 spiro atoms. The molecule has 1 N–H and O–H groups in total. The summed E-state index contributed by atoms with van der Waals surface area (Å²) in [5.41, 5.74) is -0.127. The monoisotopic (exact) mass is 190 g/mol. The number of nitrogens with one attached hydrogen (secondary N) is 1. The van der Waals surface area contributed by atoms with Crippen molar-refractivity contribution in [1.82, 2.24) is 14.2 Å². The molecule has 0 saturated heterocycles. The second-order valence-electron chi connectivity index (χ2n) is 3.09. The summed E-state index contributed by atoms with van der Waals surface area (Å²) in [6, 6.07) is 1.29. The predicted octanol–water partition coefficient (Wildman–Crippen LogP) is -0.495. The summed E-state index contributed by atoms with van der Waals surface area (Å²) in [5, 5.41) is 2.50. The van der Waals surface area contributed by atoms with Crippen molar-refractivity contribution in [3.8, 4) is 0 Å². The van der Waals surface area contributed by atoms with Crippen molar-refractivity contribution < 1.29 is 0 Å². The molecule has 0 radical (unpaired) electrons. The normalized spacial score (nSPS) is 13.7. The average molecular weight is 190 g/mol. The van der Waals surface area contributed by atoms with Gasteiger partial charge in [-0.05, 0) is 0 Å². The summed E-state index contributed by atoms with van der Waals surface area (Å²) in [4.78, 5) is 26.8. The van der Waals surface area contributed by atoms with Crippen LogP contribution in [0.5, 0.6) is 0 Å². The van der Waals surface area contributed by atoms with Gasteiger partial charge in [-0.1, -0.05) is 0 Å². The minimum atomic E-state index is -0.282. The van der Waals surface area contributed by atoms with E-state index in [9.17, 15) is 9.59 Å². The van der Waals surface area contributed by atoms with Crippen LogP contribution in [0.2, 0.25) is 0 Å². The lowest BCUT2D eigenvalue weighted by molar-refractivity contribution is 0.814. The van der Waals surface area contributed by atoms with Crippen molar-refractivity contribution >= 4 is 17.5 Å². The highest BCUT2D eigenvalue weighted by Gasteiger charge is 2.11. The number of aromatic amines is 1. The maximum atomic E-state index is 11.7. The summed E-state index contributed by atoms with van der Waals surface area (Å²) in [5.74, 6) is 0.564. The summed E-state index contributed by atoms with van der Waals surface area (Å²) >= 11 is 0. The highest BCUT2D eigenvalue weighted by Crippen LogP contribution is 2.12. The first-order valence-electron chi connectivity index (χ1n) is 4.13. The molecule has 70 valence electrons. The molecule has 0 atom stereocenters. The molecule has 0 fully saturated rings. The molecular formula is C8H6N4O2. The molecule has 0 amide bonds. The largest absolute Gasteiger partial charge is 0.285 e. The SMILES string of the molecule is O=c1cc2c(=O)n3c(cn2[nH]1)N=CC3. The molecular weight excluding hydrogens is 184 g/mol. The summed E-state index contributed by atoms with van der Waals surface area (Å²) in [6.45, 7) is 0.476. The zero-order valence-electron chi connectivity index (χ0n) is 7.10. The fraction of sp³-hybridized carbons (Fsp3) is 0.125. The van der Waals surface area contributed by atoms with Crippen molar-refractivity contribution in [2.24, 2.45) is 4.99 Å². The highest BCUT2D eigenvalue weighted by molar-refractivity contribution is 5.67. The fourth-order valence-electron chi connectivity index (χ4n) is 1.59. The Bertz CT molecular complexity index is 658. The number of hydrogen-bond acceptors (Lipinski definition) is 3. The molecule has 0 bridgehead atoms. The van der Waals surface area contributed by atoms with Gasteiger partial charge in [-0.3, -0.25) is 23.8 Å². The van der Waals surface area contributed by atoms with Crippen LogP contribution in [0.3, 0.4) is 0 Å². The standard InChI is InChI=1S/C8H6N4O2/c13-7-3-5-8(14)11-2-1-9-6(11)4-12(5)10-7/h1,3-4H,2H2,(H,10,13). The van der Waals surface area contributed by atoms with Gasteiger partial charge < -0.3 is 0 Å². The van der Waals surface area contributed by atoms with Crippen LogP contribution in [0, 0.1) is 0 Å². The Morgan fingerprint density at radius 1 is 1.43 bits per heavy atom. The number of rotatable bonds is 0. The molecule has 2 aromatic rings. The average Bonchev–Trinajstić information content (AvgIpc) is 2.71.